The zero-order valence-corrected chi connectivity index (χ0v) is 19.1. The Morgan fingerprint density at radius 3 is 2.67 bits per heavy atom. The van der Waals surface area contributed by atoms with Crippen LogP contribution in [0.3, 0.4) is 0 Å². The highest BCUT2D eigenvalue weighted by Gasteiger charge is 2.33. The number of fused-ring (bicyclic) bond motifs is 2. The third-order valence-corrected chi connectivity index (χ3v) is 5.67. The third kappa shape index (κ3) is 4.29. The monoisotopic (exact) mass is 498 g/mol. The van der Waals surface area contributed by atoms with Crippen molar-refractivity contribution in [3.63, 3.8) is 0 Å². The number of oxazole rings is 1. The largest absolute Gasteiger partial charge is 0.494 e. The first-order chi connectivity index (χ1) is 17.3. The number of hydrogen-bond acceptors (Lipinski definition) is 8. The number of methoxy groups -OCH3 is 1. The highest BCUT2D eigenvalue weighted by Crippen LogP contribution is 2.37. The predicted molar refractivity (Wildman–Crippen MR) is 125 cm³/mol. The number of alkyl halides is 3. The SMILES string of the molecule is C=C(NCc1ccc2c(c1)OCO2)c1nc(-c2ccc(OC)c3nc(C(F)(F)F)ccc23)oc1CN. The summed E-state index contributed by atoms with van der Waals surface area (Å²) in [6.07, 6.45) is -4.60. The lowest BCUT2D eigenvalue weighted by atomic mass is 10.1. The summed E-state index contributed by atoms with van der Waals surface area (Å²) in [5, 5.41) is 3.59. The van der Waals surface area contributed by atoms with Crippen molar-refractivity contribution in [3.8, 4) is 28.7 Å². The van der Waals surface area contributed by atoms with Gasteiger partial charge in [-0.25, -0.2) is 9.97 Å². The lowest BCUT2D eigenvalue weighted by Gasteiger charge is -2.11. The number of nitrogens with two attached hydrogens (primary N) is 1. The number of nitrogens with one attached hydrogen (secondary N) is 1. The van der Waals surface area contributed by atoms with Crippen LogP contribution in [0.4, 0.5) is 13.2 Å². The Morgan fingerprint density at radius 1 is 1.11 bits per heavy atom. The topological polar surface area (TPSA) is 105 Å². The van der Waals surface area contributed by atoms with Crippen molar-refractivity contribution in [2.24, 2.45) is 5.73 Å². The quantitative estimate of drug-likeness (QED) is 0.372. The van der Waals surface area contributed by atoms with Crippen LogP contribution in [0.5, 0.6) is 17.2 Å². The maximum absolute atomic E-state index is 13.2. The minimum atomic E-state index is -4.60. The summed E-state index contributed by atoms with van der Waals surface area (Å²) in [7, 11) is 1.36. The smallest absolute Gasteiger partial charge is 0.433 e. The third-order valence-electron chi connectivity index (χ3n) is 5.67. The molecule has 0 saturated heterocycles. The molecule has 0 unspecified atom stereocenters. The number of aromatic nitrogens is 2. The predicted octanol–water partition coefficient (Wildman–Crippen LogP) is 4.87. The van der Waals surface area contributed by atoms with Gasteiger partial charge in [-0.05, 0) is 42.0 Å². The van der Waals surface area contributed by atoms with E-state index in [2.05, 4.69) is 21.9 Å². The molecule has 0 saturated carbocycles. The number of halogens is 3. The Labute approximate surface area is 203 Å². The van der Waals surface area contributed by atoms with Gasteiger partial charge >= 0.3 is 6.18 Å². The van der Waals surface area contributed by atoms with Gasteiger partial charge in [0, 0.05) is 17.5 Å². The number of pyridine rings is 1. The van der Waals surface area contributed by atoms with Crippen LogP contribution in [0.15, 0.2) is 53.5 Å². The molecule has 3 heterocycles. The Balaban J connectivity index is 1.46. The summed E-state index contributed by atoms with van der Waals surface area (Å²) in [6.45, 7) is 4.71. The van der Waals surface area contributed by atoms with E-state index in [-0.39, 0.29) is 30.5 Å². The average molecular weight is 498 g/mol. The molecule has 3 N–H and O–H groups in total. The van der Waals surface area contributed by atoms with Gasteiger partial charge in [-0.2, -0.15) is 13.2 Å². The molecule has 36 heavy (non-hydrogen) atoms. The molecule has 0 spiro atoms. The first-order valence-corrected chi connectivity index (χ1v) is 10.8. The minimum Gasteiger partial charge on any atom is -0.494 e. The van der Waals surface area contributed by atoms with E-state index < -0.39 is 11.9 Å². The van der Waals surface area contributed by atoms with Gasteiger partial charge in [-0.15, -0.1) is 0 Å². The molecule has 11 heteroatoms. The highest BCUT2D eigenvalue weighted by molar-refractivity contribution is 5.96. The van der Waals surface area contributed by atoms with Gasteiger partial charge in [0.15, 0.2) is 11.5 Å². The highest BCUT2D eigenvalue weighted by atomic mass is 19.4. The molecular formula is C25H21F3N4O4. The van der Waals surface area contributed by atoms with E-state index in [1.54, 1.807) is 6.07 Å². The van der Waals surface area contributed by atoms with Crippen LogP contribution in [0.1, 0.15) is 22.7 Å². The standard InChI is InChI=1S/C25H21F3N4O4/c1-13(30-11-14-3-6-17-19(9-14)35-12-34-17)22-20(10-29)36-24(32-22)16-4-7-18(33-2)23-15(16)5-8-21(31-23)25(26,27)28/h3-9,30H,1,10-12,29H2,2H3. The van der Waals surface area contributed by atoms with E-state index in [4.69, 9.17) is 24.4 Å². The van der Waals surface area contributed by atoms with Crippen LogP contribution in [0.25, 0.3) is 28.1 Å². The van der Waals surface area contributed by atoms with E-state index in [1.807, 2.05) is 18.2 Å². The van der Waals surface area contributed by atoms with Crippen LogP contribution < -0.4 is 25.3 Å². The molecule has 2 aromatic heterocycles. The zero-order chi connectivity index (χ0) is 25.4. The van der Waals surface area contributed by atoms with Gasteiger partial charge in [-0.1, -0.05) is 12.6 Å². The Hall–Kier alpha value is -4.25. The average Bonchev–Trinajstić information content (AvgIpc) is 3.52. The summed E-state index contributed by atoms with van der Waals surface area (Å²) in [6, 6.07) is 11.0. The van der Waals surface area contributed by atoms with Gasteiger partial charge in [0.2, 0.25) is 12.7 Å². The van der Waals surface area contributed by atoms with E-state index in [0.717, 1.165) is 11.6 Å². The second kappa shape index (κ2) is 9.08. The van der Waals surface area contributed by atoms with Crippen LogP contribution in [0.2, 0.25) is 0 Å². The van der Waals surface area contributed by atoms with Crippen LogP contribution in [0, 0.1) is 0 Å². The fourth-order valence-corrected chi connectivity index (χ4v) is 3.89. The molecule has 8 nitrogen and oxygen atoms in total. The van der Waals surface area contributed by atoms with Gasteiger partial charge in [0.25, 0.3) is 0 Å². The van der Waals surface area contributed by atoms with Crippen LogP contribution in [-0.2, 0) is 19.3 Å². The number of benzene rings is 2. The second-order valence-corrected chi connectivity index (χ2v) is 7.92. The van der Waals surface area contributed by atoms with E-state index in [0.29, 0.717) is 46.1 Å². The van der Waals surface area contributed by atoms with Crippen molar-refractivity contribution in [2.45, 2.75) is 19.3 Å². The van der Waals surface area contributed by atoms with Crippen molar-refractivity contribution >= 4 is 16.6 Å². The summed E-state index contributed by atoms with van der Waals surface area (Å²) >= 11 is 0. The minimum absolute atomic E-state index is 0.0393. The molecule has 0 atom stereocenters. The fraction of sp³-hybridized carbons (Fsp3) is 0.200. The first kappa shape index (κ1) is 23.5. The van der Waals surface area contributed by atoms with Crippen molar-refractivity contribution in [3.05, 3.63) is 71.8 Å². The van der Waals surface area contributed by atoms with E-state index in [1.165, 1.54) is 19.2 Å². The molecule has 186 valence electrons. The molecule has 1 aliphatic rings. The summed E-state index contributed by atoms with van der Waals surface area (Å²) in [5.74, 6) is 2.09. The normalized spacial score (nSPS) is 12.7. The van der Waals surface area contributed by atoms with Crippen molar-refractivity contribution in [1.82, 2.24) is 15.3 Å². The van der Waals surface area contributed by atoms with Gasteiger partial charge in [-0.3, -0.25) is 0 Å². The number of ether oxygens (including phenoxy) is 3. The second-order valence-electron chi connectivity index (χ2n) is 7.92. The number of hydrogen-bond donors (Lipinski definition) is 2. The summed E-state index contributed by atoms with van der Waals surface area (Å²) in [4.78, 5) is 8.34. The lowest BCUT2D eigenvalue weighted by Crippen LogP contribution is -2.13. The Kier molecular flexibility index (Phi) is 5.92. The van der Waals surface area contributed by atoms with E-state index >= 15 is 0 Å². The molecule has 0 radical (unpaired) electrons. The zero-order valence-electron chi connectivity index (χ0n) is 19.1. The van der Waals surface area contributed by atoms with Crippen molar-refractivity contribution < 1.29 is 31.8 Å². The molecule has 1 aliphatic heterocycles. The molecule has 0 bridgehead atoms. The fourth-order valence-electron chi connectivity index (χ4n) is 3.89. The van der Waals surface area contributed by atoms with E-state index in [9.17, 15) is 13.2 Å². The molecule has 0 fully saturated rings. The molecule has 5 rings (SSSR count). The molecule has 0 amide bonds. The van der Waals surface area contributed by atoms with Crippen LogP contribution >= 0.6 is 0 Å². The van der Waals surface area contributed by atoms with Gasteiger partial charge in [0.05, 0.1) is 19.4 Å². The molecule has 2 aromatic carbocycles. The maximum Gasteiger partial charge on any atom is 0.433 e. The first-order valence-electron chi connectivity index (χ1n) is 10.8. The maximum atomic E-state index is 13.2. The van der Waals surface area contributed by atoms with Crippen LogP contribution in [-0.4, -0.2) is 23.9 Å². The Morgan fingerprint density at radius 2 is 1.92 bits per heavy atom. The van der Waals surface area contributed by atoms with Gasteiger partial charge in [0.1, 0.15) is 28.4 Å². The lowest BCUT2D eigenvalue weighted by molar-refractivity contribution is -0.140. The number of nitrogens with zero attached hydrogens (tertiary/aromatic N) is 2. The van der Waals surface area contributed by atoms with Crippen molar-refractivity contribution in [2.75, 3.05) is 13.9 Å². The van der Waals surface area contributed by atoms with Gasteiger partial charge < -0.3 is 29.7 Å². The number of rotatable bonds is 7. The molecule has 4 aromatic rings. The van der Waals surface area contributed by atoms with Crippen molar-refractivity contribution in [1.29, 1.82) is 0 Å². The summed E-state index contributed by atoms with van der Waals surface area (Å²) < 4.78 is 61.6. The Bertz CT molecular complexity index is 1470. The summed E-state index contributed by atoms with van der Waals surface area (Å²) in [5.41, 5.74) is 7.16. The molecule has 0 aliphatic carbocycles. The molecular weight excluding hydrogens is 477 g/mol.